The topological polar surface area (TPSA) is 132 Å². The van der Waals surface area contributed by atoms with Crippen LogP contribution in [0, 0.1) is 10.1 Å². The number of imidazole rings is 1. The quantitative estimate of drug-likeness (QED) is 0.473. The average Bonchev–Trinajstić information content (AvgIpc) is 3.07. The molecule has 2 heterocycles. The predicted octanol–water partition coefficient (Wildman–Crippen LogP) is 1.93. The van der Waals surface area contributed by atoms with Crippen molar-refractivity contribution in [2.75, 3.05) is 31.1 Å². The maximum Gasteiger partial charge on any atom is 0.323 e. The third-order valence-corrected chi connectivity index (χ3v) is 7.04. The number of benzene rings is 2. The molecule has 0 bridgehead atoms. The van der Waals surface area contributed by atoms with E-state index in [-0.39, 0.29) is 28.7 Å². The molecular weight excluding hydrogens is 422 g/mol. The third kappa shape index (κ3) is 3.59. The summed E-state index contributed by atoms with van der Waals surface area (Å²) in [5.41, 5.74) is 1.08. The average molecular weight is 438 g/mol. The molecule has 0 radical (unpaired) electrons. The highest BCUT2D eigenvalue weighted by molar-refractivity contribution is 7.89. The van der Waals surface area contributed by atoms with E-state index in [4.69, 9.17) is 11.6 Å². The summed E-state index contributed by atoms with van der Waals surface area (Å²) in [6, 6.07) is 8.67. The van der Waals surface area contributed by atoms with Gasteiger partial charge in [-0.2, -0.15) is 4.31 Å². The van der Waals surface area contributed by atoms with Crippen LogP contribution in [-0.2, 0) is 10.0 Å². The van der Waals surface area contributed by atoms with E-state index < -0.39 is 20.6 Å². The van der Waals surface area contributed by atoms with Gasteiger partial charge in [-0.15, -0.1) is 0 Å². The van der Waals surface area contributed by atoms with E-state index in [1.165, 1.54) is 28.6 Å². The van der Waals surface area contributed by atoms with E-state index in [0.29, 0.717) is 29.8 Å². The van der Waals surface area contributed by atoms with E-state index in [2.05, 4.69) is 9.97 Å². The van der Waals surface area contributed by atoms with Gasteiger partial charge in [-0.1, -0.05) is 11.6 Å². The van der Waals surface area contributed by atoms with Gasteiger partial charge in [0.2, 0.25) is 10.0 Å². The Bertz CT molecular complexity index is 1260. The number of non-ortho nitro benzene ring substituents is 1. The lowest BCUT2D eigenvalue weighted by Crippen LogP contribution is -2.48. The van der Waals surface area contributed by atoms with E-state index in [1.54, 1.807) is 12.1 Å². The molecular formula is C17H16ClN5O5S. The number of piperazine rings is 1. The lowest BCUT2D eigenvalue weighted by Gasteiger charge is -2.35. The van der Waals surface area contributed by atoms with Crippen molar-refractivity contribution in [1.82, 2.24) is 14.3 Å². The van der Waals surface area contributed by atoms with Crippen molar-refractivity contribution in [3.63, 3.8) is 0 Å². The molecule has 1 aromatic heterocycles. The summed E-state index contributed by atoms with van der Waals surface area (Å²) >= 11 is 6.18. The lowest BCUT2D eigenvalue weighted by atomic mass is 10.2. The van der Waals surface area contributed by atoms with Crippen LogP contribution in [0.3, 0.4) is 0 Å². The Hall–Kier alpha value is -2.89. The molecule has 0 unspecified atom stereocenters. The number of halogens is 1. The van der Waals surface area contributed by atoms with Gasteiger partial charge >= 0.3 is 5.69 Å². The van der Waals surface area contributed by atoms with Crippen molar-refractivity contribution in [2.24, 2.45) is 0 Å². The lowest BCUT2D eigenvalue weighted by molar-refractivity contribution is -0.384. The first-order valence-electron chi connectivity index (χ1n) is 8.67. The number of sulfonamides is 1. The summed E-state index contributed by atoms with van der Waals surface area (Å²) < 4.78 is 27.3. The van der Waals surface area contributed by atoms with E-state index in [0.717, 1.165) is 0 Å². The number of anilines is 1. The number of nitrogens with zero attached hydrogens (tertiary/aromatic N) is 3. The number of aromatic nitrogens is 2. The number of hydrogen-bond donors (Lipinski definition) is 2. The maximum absolute atomic E-state index is 13.0. The van der Waals surface area contributed by atoms with E-state index >= 15 is 0 Å². The van der Waals surface area contributed by atoms with Crippen LogP contribution in [0.5, 0.6) is 0 Å². The second-order valence-corrected chi connectivity index (χ2v) is 8.92. The number of H-pyrrole nitrogens is 2. The van der Waals surface area contributed by atoms with Crippen LogP contribution in [0.2, 0.25) is 5.02 Å². The van der Waals surface area contributed by atoms with Gasteiger partial charge in [-0.3, -0.25) is 10.1 Å². The molecule has 1 aliphatic heterocycles. The summed E-state index contributed by atoms with van der Waals surface area (Å²) in [6.45, 7) is 1.24. The first-order valence-corrected chi connectivity index (χ1v) is 10.5. The Morgan fingerprint density at radius 2 is 1.69 bits per heavy atom. The normalized spacial score (nSPS) is 15.7. The number of hydrogen-bond acceptors (Lipinski definition) is 6. The van der Waals surface area contributed by atoms with E-state index in [9.17, 15) is 23.3 Å². The van der Waals surface area contributed by atoms with Crippen molar-refractivity contribution < 1.29 is 13.3 Å². The van der Waals surface area contributed by atoms with Crippen LogP contribution in [0.25, 0.3) is 11.0 Å². The second-order valence-electron chi connectivity index (χ2n) is 6.57. The molecule has 12 heteroatoms. The second kappa shape index (κ2) is 7.17. The van der Waals surface area contributed by atoms with Crippen LogP contribution < -0.4 is 10.6 Å². The number of rotatable bonds is 4. The molecule has 1 aliphatic rings. The van der Waals surface area contributed by atoms with Crippen LogP contribution in [0.4, 0.5) is 11.4 Å². The van der Waals surface area contributed by atoms with Crippen molar-refractivity contribution in [3.05, 3.63) is 62.0 Å². The van der Waals surface area contributed by atoms with Crippen molar-refractivity contribution in [2.45, 2.75) is 4.90 Å². The zero-order valence-electron chi connectivity index (χ0n) is 15.0. The van der Waals surface area contributed by atoms with Gasteiger partial charge in [-0.05, 0) is 24.3 Å². The van der Waals surface area contributed by atoms with Crippen LogP contribution in [0.15, 0.2) is 46.1 Å². The Kier molecular flexibility index (Phi) is 4.81. The highest BCUT2D eigenvalue weighted by Crippen LogP contribution is 2.31. The summed E-state index contributed by atoms with van der Waals surface area (Å²) in [4.78, 5) is 28.8. The highest BCUT2D eigenvalue weighted by Gasteiger charge is 2.29. The molecule has 0 aliphatic carbocycles. The molecule has 152 valence electrons. The monoisotopic (exact) mass is 437 g/mol. The molecule has 1 saturated heterocycles. The Morgan fingerprint density at radius 3 is 2.34 bits per heavy atom. The number of aromatic amines is 2. The largest absolute Gasteiger partial charge is 0.368 e. The van der Waals surface area contributed by atoms with Gasteiger partial charge in [0.15, 0.2) is 0 Å². The van der Waals surface area contributed by atoms with Gasteiger partial charge in [-0.25, -0.2) is 13.2 Å². The minimum Gasteiger partial charge on any atom is -0.368 e. The fraction of sp³-hybridized carbons (Fsp3) is 0.235. The van der Waals surface area contributed by atoms with E-state index in [1.807, 2.05) is 4.90 Å². The zero-order valence-corrected chi connectivity index (χ0v) is 16.5. The Labute approximate surface area is 169 Å². The molecule has 3 aromatic rings. The molecule has 10 nitrogen and oxygen atoms in total. The first kappa shape index (κ1) is 19.4. The molecule has 0 atom stereocenters. The SMILES string of the molecule is O=c1[nH]c2ccc(S(=O)(=O)N3CCN(c4ccc([N+](=O)[O-])cc4Cl)CC3)cc2[nH]1. The summed E-state index contributed by atoms with van der Waals surface area (Å²) in [7, 11) is -3.73. The summed E-state index contributed by atoms with van der Waals surface area (Å²) in [6.07, 6.45) is 0. The van der Waals surface area contributed by atoms with Gasteiger partial charge in [0, 0.05) is 38.3 Å². The van der Waals surface area contributed by atoms with Gasteiger partial charge in [0.25, 0.3) is 5.69 Å². The molecule has 1 fully saturated rings. The molecule has 0 saturated carbocycles. The van der Waals surface area contributed by atoms with Crippen molar-refractivity contribution in [1.29, 1.82) is 0 Å². The zero-order chi connectivity index (χ0) is 20.8. The number of fused-ring (bicyclic) bond motifs is 1. The third-order valence-electron chi connectivity index (χ3n) is 4.85. The van der Waals surface area contributed by atoms with Gasteiger partial charge in [0.05, 0.1) is 31.6 Å². The highest BCUT2D eigenvalue weighted by atomic mass is 35.5. The van der Waals surface area contributed by atoms with Crippen molar-refractivity contribution in [3.8, 4) is 0 Å². The minimum atomic E-state index is -3.73. The van der Waals surface area contributed by atoms with Crippen LogP contribution in [-0.4, -0.2) is 53.8 Å². The number of nitro benzene ring substituents is 1. The summed E-state index contributed by atoms with van der Waals surface area (Å²) in [5, 5.41) is 11.1. The summed E-state index contributed by atoms with van der Waals surface area (Å²) in [5.74, 6) is 0. The molecule has 4 rings (SSSR count). The Morgan fingerprint density at radius 1 is 1.00 bits per heavy atom. The Balaban J connectivity index is 1.52. The fourth-order valence-electron chi connectivity index (χ4n) is 3.36. The predicted molar refractivity (Wildman–Crippen MR) is 108 cm³/mol. The standard InChI is InChI=1S/C17H16ClN5O5S/c18-13-9-11(23(25)26)1-4-16(13)21-5-7-22(8-6-21)29(27,28)12-2-3-14-15(10-12)20-17(24)19-14/h1-4,9-10H,5-8H2,(H2,19,20,24). The fourth-order valence-corrected chi connectivity index (χ4v) is 5.10. The molecule has 2 N–H and O–H groups in total. The first-order chi connectivity index (χ1) is 13.8. The minimum absolute atomic E-state index is 0.0989. The molecule has 29 heavy (non-hydrogen) atoms. The van der Waals surface area contributed by atoms with Crippen LogP contribution in [0.1, 0.15) is 0 Å². The molecule has 2 aromatic carbocycles. The van der Waals surface area contributed by atoms with Gasteiger partial charge in [0.1, 0.15) is 0 Å². The smallest absolute Gasteiger partial charge is 0.323 e. The number of nitro groups is 1. The molecule has 0 spiro atoms. The van der Waals surface area contributed by atoms with Gasteiger partial charge < -0.3 is 14.9 Å². The molecule has 0 amide bonds. The van der Waals surface area contributed by atoms with Crippen molar-refractivity contribution >= 4 is 44.0 Å². The maximum atomic E-state index is 13.0. The van der Waals surface area contributed by atoms with Crippen LogP contribution >= 0.6 is 11.6 Å². The number of nitrogens with one attached hydrogen (secondary N) is 2.